The SMILES string of the molecule is CS/C=C/C(=O)NC1(C)CCNCC1. The van der Waals surface area contributed by atoms with E-state index < -0.39 is 0 Å². The first-order chi connectivity index (χ1) is 6.66. The molecule has 1 rings (SSSR count). The Morgan fingerprint density at radius 1 is 1.50 bits per heavy atom. The van der Waals surface area contributed by atoms with Crippen molar-refractivity contribution in [3.05, 3.63) is 11.5 Å². The van der Waals surface area contributed by atoms with Crippen molar-refractivity contribution < 1.29 is 4.79 Å². The second kappa shape index (κ2) is 5.41. The van der Waals surface area contributed by atoms with Gasteiger partial charge in [-0.05, 0) is 44.5 Å². The molecule has 1 fully saturated rings. The summed E-state index contributed by atoms with van der Waals surface area (Å²) >= 11 is 1.54. The fourth-order valence-corrected chi connectivity index (χ4v) is 1.83. The number of carbonyl (C=O) groups is 1. The highest BCUT2D eigenvalue weighted by molar-refractivity contribution is 8.01. The van der Waals surface area contributed by atoms with Gasteiger partial charge in [-0.25, -0.2) is 0 Å². The number of amides is 1. The van der Waals surface area contributed by atoms with E-state index in [0.29, 0.717) is 0 Å². The largest absolute Gasteiger partial charge is 0.347 e. The number of hydrogen-bond acceptors (Lipinski definition) is 3. The van der Waals surface area contributed by atoms with E-state index in [-0.39, 0.29) is 11.4 Å². The maximum atomic E-state index is 11.4. The molecule has 3 nitrogen and oxygen atoms in total. The fourth-order valence-electron chi connectivity index (χ4n) is 1.57. The second-order valence-electron chi connectivity index (χ2n) is 3.84. The number of nitrogens with one attached hydrogen (secondary N) is 2. The molecule has 1 aliphatic heterocycles. The third-order valence-corrected chi connectivity index (χ3v) is 2.90. The average molecular weight is 214 g/mol. The molecule has 0 aromatic carbocycles. The Kier molecular flexibility index (Phi) is 4.48. The molecule has 1 amide bonds. The minimum atomic E-state index is -0.0227. The summed E-state index contributed by atoms with van der Waals surface area (Å²) in [5.74, 6) is 0.0174. The number of piperidine rings is 1. The molecule has 0 aromatic rings. The maximum absolute atomic E-state index is 11.4. The van der Waals surface area contributed by atoms with E-state index in [9.17, 15) is 4.79 Å². The third-order valence-electron chi connectivity index (χ3n) is 2.49. The number of thioether (sulfide) groups is 1. The Bertz CT molecular complexity index is 222. The van der Waals surface area contributed by atoms with Gasteiger partial charge in [0, 0.05) is 11.6 Å². The lowest BCUT2D eigenvalue weighted by Crippen LogP contribution is -2.51. The molecule has 0 atom stereocenters. The van der Waals surface area contributed by atoms with Crippen LogP contribution in [0.15, 0.2) is 11.5 Å². The first-order valence-electron chi connectivity index (χ1n) is 4.88. The molecule has 0 aliphatic carbocycles. The summed E-state index contributed by atoms with van der Waals surface area (Å²) in [5, 5.41) is 8.14. The number of carbonyl (C=O) groups excluding carboxylic acids is 1. The number of rotatable bonds is 3. The summed E-state index contributed by atoms with van der Waals surface area (Å²) in [6.07, 6.45) is 5.55. The van der Waals surface area contributed by atoms with Gasteiger partial charge >= 0.3 is 0 Å². The average Bonchev–Trinajstić information content (AvgIpc) is 2.15. The topological polar surface area (TPSA) is 41.1 Å². The van der Waals surface area contributed by atoms with E-state index in [4.69, 9.17) is 0 Å². The zero-order valence-corrected chi connectivity index (χ0v) is 9.62. The Morgan fingerprint density at radius 3 is 2.71 bits per heavy atom. The Hall–Kier alpha value is -0.480. The van der Waals surface area contributed by atoms with Crippen molar-refractivity contribution in [2.45, 2.75) is 25.3 Å². The van der Waals surface area contributed by atoms with Gasteiger partial charge < -0.3 is 10.6 Å². The van der Waals surface area contributed by atoms with Crippen LogP contribution in [0.1, 0.15) is 19.8 Å². The van der Waals surface area contributed by atoms with Gasteiger partial charge in [-0.3, -0.25) is 4.79 Å². The fraction of sp³-hybridized carbons (Fsp3) is 0.700. The molecular formula is C10H18N2OS. The van der Waals surface area contributed by atoms with Crippen LogP contribution in [0.4, 0.5) is 0 Å². The standard InChI is InChI=1S/C10H18N2OS/c1-10(4-6-11-7-5-10)12-9(13)3-8-14-2/h3,8,11H,4-7H2,1-2H3,(H,12,13)/b8-3+. The summed E-state index contributed by atoms with van der Waals surface area (Å²) in [6.45, 7) is 4.09. The molecule has 14 heavy (non-hydrogen) atoms. The van der Waals surface area contributed by atoms with Gasteiger partial charge in [0.1, 0.15) is 0 Å². The van der Waals surface area contributed by atoms with E-state index >= 15 is 0 Å². The van der Waals surface area contributed by atoms with Gasteiger partial charge in [0.2, 0.25) is 5.91 Å². The highest BCUT2D eigenvalue weighted by Crippen LogP contribution is 2.16. The van der Waals surface area contributed by atoms with Crippen LogP contribution in [0.2, 0.25) is 0 Å². The Balaban J connectivity index is 2.41. The van der Waals surface area contributed by atoms with Crippen LogP contribution in [0.5, 0.6) is 0 Å². The van der Waals surface area contributed by atoms with Crippen molar-refractivity contribution in [2.75, 3.05) is 19.3 Å². The molecule has 0 bridgehead atoms. The number of hydrogen-bond donors (Lipinski definition) is 2. The van der Waals surface area contributed by atoms with E-state index in [1.807, 2.05) is 6.26 Å². The smallest absolute Gasteiger partial charge is 0.244 e. The first kappa shape index (κ1) is 11.6. The first-order valence-corrected chi connectivity index (χ1v) is 6.17. The molecule has 2 N–H and O–H groups in total. The summed E-state index contributed by atoms with van der Waals surface area (Å²) in [6, 6.07) is 0. The van der Waals surface area contributed by atoms with Crippen molar-refractivity contribution in [1.29, 1.82) is 0 Å². The molecule has 0 saturated carbocycles. The highest BCUT2D eigenvalue weighted by atomic mass is 32.2. The molecule has 1 heterocycles. The van der Waals surface area contributed by atoms with Crippen LogP contribution in [0, 0.1) is 0 Å². The molecule has 80 valence electrons. The molecular weight excluding hydrogens is 196 g/mol. The van der Waals surface area contributed by atoms with Crippen molar-refractivity contribution >= 4 is 17.7 Å². The van der Waals surface area contributed by atoms with E-state index in [2.05, 4.69) is 17.6 Å². The molecule has 1 saturated heterocycles. The van der Waals surface area contributed by atoms with Crippen LogP contribution >= 0.6 is 11.8 Å². The quantitative estimate of drug-likeness (QED) is 0.692. The molecule has 0 aromatic heterocycles. The van der Waals surface area contributed by atoms with Gasteiger partial charge in [0.25, 0.3) is 0 Å². The van der Waals surface area contributed by atoms with Gasteiger partial charge in [0.15, 0.2) is 0 Å². The monoisotopic (exact) mass is 214 g/mol. The van der Waals surface area contributed by atoms with Crippen LogP contribution in [-0.2, 0) is 4.79 Å². The lowest BCUT2D eigenvalue weighted by atomic mass is 9.90. The summed E-state index contributed by atoms with van der Waals surface area (Å²) in [7, 11) is 0. The molecule has 4 heteroatoms. The molecule has 1 aliphatic rings. The maximum Gasteiger partial charge on any atom is 0.244 e. The van der Waals surface area contributed by atoms with Crippen LogP contribution < -0.4 is 10.6 Å². The van der Waals surface area contributed by atoms with Crippen molar-refractivity contribution in [3.8, 4) is 0 Å². The normalized spacial score (nSPS) is 21.0. The predicted molar refractivity (Wildman–Crippen MR) is 61.3 cm³/mol. The molecule has 0 spiro atoms. The third kappa shape index (κ3) is 3.72. The van der Waals surface area contributed by atoms with Crippen molar-refractivity contribution in [2.24, 2.45) is 0 Å². The van der Waals surface area contributed by atoms with Gasteiger partial charge in [-0.1, -0.05) is 0 Å². The molecule has 0 radical (unpaired) electrons. The van der Waals surface area contributed by atoms with Crippen LogP contribution in [-0.4, -0.2) is 30.8 Å². The Labute approximate surface area is 89.7 Å². The van der Waals surface area contributed by atoms with E-state index in [1.54, 1.807) is 11.5 Å². The summed E-state index contributed by atoms with van der Waals surface area (Å²) < 4.78 is 0. The van der Waals surface area contributed by atoms with Crippen molar-refractivity contribution in [3.63, 3.8) is 0 Å². The van der Waals surface area contributed by atoms with E-state index in [0.717, 1.165) is 25.9 Å². The lowest BCUT2D eigenvalue weighted by molar-refractivity contribution is -0.118. The molecule has 0 unspecified atom stereocenters. The zero-order valence-electron chi connectivity index (χ0n) is 8.80. The van der Waals surface area contributed by atoms with E-state index in [1.165, 1.54) is 11.8 Å². The summed E-state index contributed by atoms with van der Waals surface area (Å²) in [4.78, 5) is 11.4. The zero-order chi connectivity index (χ0) is 10.4. The van der Waals surface area contributed by atoms with Gasteiger partial charge in [-0.15, -0.1) is 11.8 Å². The minimum absolute atomic E-state index is 0.0174. The predicted octanol–water partition coefficient (Wildman–Crippen LogP) is 1.12. The summed E-state index contributed by atoms with van der Waals surface area (Å²) in [5.41, 5.74) is -0.0227. The lowest BCUT2D eigenvalue weighted by Gasteiger charge is -2.34. The Morgan fingerprint density at radius 2 is 2.14 bits per heavy atom. The highest BCUT2D eigenvalue weighted by Gasteiger charge is 2.27. The van der Waals surface area contributed by atoms with Gasteiger partial charge in [-0.2, -0.15) is 0 Å². The second-order valence-corrected chi connectivity index (χ2v) is 4.58. The van der Waals surface area contributed by atoms with Crippen molar-refractivity contribution in [1.82, 2.24) is 10.6 Å². The van der Waals surface area contributed by atoms with Crippen LogP contribution in [0.3, 0.4) is 0 Å². The minimum Gasteiger partial charge on any atom is -0.347 e. The van der Waals surface area contributed by atoms with Gasteiger partial charge in [0.05, 0.1) is 0 Å². The van der Waals surface area contributed by atoms with Crippen LogP contribution in [0.25, 0.3) is 0 Å².